The number of nitrogens with zero attached hydrogens (tertiary/aromatic N) is 3. The molecule has 0 saturated heterocycles. The predicted molar refractivity (Wildman–Crippen MR) is 97.6 cm³/mol. The molecule has 0 aliphatic rings. The van der Waals surface area contributed by atoms with Crippen molar-refractivity contribution in [1.82, 2.24) is 20.3 Å². The Bertz CT molecular complexity index is 735. The molecule has 0 atom stereocenters. The van der Waals surface area contributed by atoms with E-state index in [0.29, 0.717) is 0 Å². The summed E-state index contributed by atoms with van der Waals surface area (Å²) < 4.78 is 0. The highest BCUT2D eigenvalue weighted by Crippen LogP contribution is 2.19. The lowest BCUT2D eigenvalue weighted by molar-refractivity contribution is 0.521. The van der Waals surface area contributed by atoms with Crippen LogP contribution in [0.2, 0.25) is 0 Å². The molecule has 124 valence electrons. The van der Waals surface area contributed by atoms with Crippen LogP contribution < -0.4 is 5.32 Å². The summed E-state index contributed by atoms with van der Waals surface area (Å²) in [5.41, 5.74) is 4.47. The van der Waals surface area contributed by atoms with Gasteiger partial charge in [0.25, 0.3) is 0 Å². The summed E-state index contributed by atoms with van der Waals surface area (Å²) in [5, 5.41) is 12.8. The summed E-state index contributed by atoms with van der Waals surface area (Å²) >= 11 is 0. The molecule has 0 amide bonds. The highest BCUT2D eigenvalue weighted by Gasteiger charge is 2.12. The highest BCUT2D eigenvalue weighted by atomic mass is 15.5. The summed E-state index contributed by atoms with van der Waals surface area (Å²) in [6.07, 6.45) is 2.05. The van der Waals surface area contributed by atoms with Crippen molar-refractivity contribution in [3.05, 3.63) is 71.9 Å². The largest absolute Gasteiger partial charge is 0.311 e. The normalized spacial score (nSPS) is 10.9. The van der Waals surface area contributed by atoms with Crippen LogP contribution in [0.15, 0.2) is 60.7 Å². The van der Waals surface area contributed by atoms with E-state index in [1.54, 1.807) is 0 Å². The maximum Gasteiger partial charge on any atom is 0.117 e. The smallest absolute Gasteiger partial charge is 0.117 e. The monoisotopic (exact) mass is 320 g/mol. The summed E-state index contributed by atoms with van der Waals surface area (Å²) in [6.45, 7) is 4.66. The number of rotatable bonds is 8. The molecule has 0 bridgehead atoms. The average molecular weight is 320 g/mol. The van der Waals surface area contributed by atoms with Crippen LogP contribution in [0.4, 0.5) is 0 Å². The number of aryl methyl sites for hydroxylation is 1. The lowest BCUT2D eigenvalue weighted by atomic mass is 10.1. The SMILES string of the molecule is CCCn1nc(CNCCc2ccccc2)c(-c2ccccc2)n1. The molecule has 0 radical (unpaired) electrons. The van der Waals surface area contributed by atoms with Crippen molar-refractivity contribution >= 4 is 0 Å². The van der Waals surface area contributed by atoms with Gasteiger partial charge in [-0.1, -0.05) is 67.6 Å². The molecule has 0 saturated carbocycles. The van der Waals surface area contributed by atoms with E-state index in [-0.39, 0.29) is 0 Å². The van der Waals surface area contributed by atoms with Crippen LogP contribution in [0.5, 0.6) is 0 Å². The van der Waals surface area contributed by atoms with E-state index in [1.165, 1.54) is 5.56 Å². The fraction of sp³-hybridized carbons (Fsp3) is 0.300. The van der Waals surface area contributed by atoms with Gasteiger partial charge in [-0.2, -0.15) is 15.0 Å². The maximum absolute atomic E-state index is 4.67. The Morgan fingerprint density at radius 3 is 2.33 bits per heavy atom. The molecule has 0 spiro atoms. The predicted octanol–water partition coefficient (Wildman–Crippen LogP) is 3.69. The topological polar surface area (TPSA) is 42.7 Å². The number of nitrogens with one attached hydrogen (secondary N) is 1. The Hall–Kier alpha value is -2.46. The Balaban J connectivity index is 1.65. The first-order valence-corrected chi connectivity index (χ1v) is 8.61. The van der Waals surface area contributed by atoms with Crippen LogP contribution in [0, 0.1) is 0 Å². The van der Waals surface area contributed by atoms with Crippen LogP contribution in [-0.2, 0) is 19.5 Å². The van der Waals surface area contributed by atoms with Crippen molar-refractivity contribution in [2.75, 3.05) is 6.54 Å². The standard InChI is InChI=1S/C20H24N4/c1-2-15-24-22-19(20(23-24)18-11-7-4-8-12-18)16-21-14-13-17-9-5-3-6-10-17/h3-12,21H,2,13-16H2,1H3. The van der Waals surface area contributed by atoms with Gasteiger partial charge in [0.15, 0.2) is 0 Å². The molecule has 3 rings (SSSR count). The van der Waals surface area contributed by atoms with Crippen LogP contribution in [0.25, 0.3) is 11.3 Å². The lowest BCUT2D eigenvalue weighted by Gasteiger charge is -2.04. The van der Waals surface area contributed by atoms with E-state index in [0.717, 1.165) is 49.4 Å². The van der Waals surface area contributed by atoms with E-state index >= 15 is 0 Å². The molecule has 0 unspecified atom stereocenters. The summed E-state index contributed by atoms with van der Waals surface area (Å²) in [5.74, 6) is 0. The number of hydrogen-bond donors (Lipinski definition) is 1. The van der Waals surface area contributed by atoms with Gasteiger partial charge in [-0.3, -0.25) is 0 Å². The molecule has 1 heterocycles. The van der Waals surface area contributed by atoms with E-state index in [4.69, 9.17) is 0 Å². The third kappa shape index (κ3) is 4.30. The van der Waals surface area contributed by atoms with Crippen molar-refractivity contribution in [3.63, 3.8) is 0 Å². The van der Waals surface area contributed by atoms with Gasteiger partial charge in [0.1, 0.15) is 11.4 Å². The van der Waals surface area contributed by atoms with Gasteiger partial charge in [-0.15, -0.1) is 0 Å². The molecule has 0 aliphatic carbocycles. The molecule has 2 aromatic carbocycles. The molecule has 0 fully saturated rings. The zero-order chi connectivity index (χ0) is 16.6. The van der Waals surface area contributed by atoms with Gasteiger partial charge in [0.2, 0.25) is 0 Å². The van der Waals surface area contributed by atoms with E-state index < -0.39 is 0 Å². The van der Waals surface area contributed by atoms with Crippen LogP contribution in [-0.4, -0.2) is 21.5 Å². The van der Waals surface area contributed by atoms with Gasteiger partial charge < -0.3 is 5.32 Å². The minimum absolute atomic E-state index is 0.737. The van der Waals surface area contributed by atoms with Crippen LogP contribution >= 0.6 is 0 Å². The lowest BCUT2D eigenvalue weighted by Crippen LogP contribution is -2.17. The van der Waals surface area contributed by atoms with Gasteiger partial charge in [0, 0.05) is 12.1 Å². The van der Waals surface area contributed by atoms with Gasteiger partial charge in [-0.05, 0) is 24.9 Å². The number of hydrogen-bond acceptors (Lipinski definition) is 3. The van der Waals surface area contributed by atoms with Crippen molar-refractivity contribution < 1.29 is 0 Å². The molecule has 3 aromatic rings. The number of benzene rings is 2. The highest BCUT2D eigenvalue weighted by molar-refractivity contribution is 5.60. The molecule has 0 aliphatic heterocycles. The molecular formula is C20H24N4. The Kier molecular flexibility index (Phi) is 5.75. The van der Waals surface area contributed by atoms with Crippen molar-refractivity contribution in [1.29, 1.82) is 0 Å². The average Bonchev–Trinajstić information content (AvgIpc) is 3.03. The van der Waals surface area contributed by atoms with E-state index in [1.807, 2.05) is 23.0 Å². The van der Waals surface area contributed by atoms with E-state index in [9.17, 15) is 0 Å². The summed E-state index contributed by atoms with van der Waals surface area (Å²) in [6, 6.07) is 20.8. The van der Waals surface area contributed by atoms with Gasteiger partial charge in [0.05, 0.1) is 6.54 Å². The second-order valence-electron chi connectivity index (χ2n) is 5.87. The molecular weight excluding hydrogens is 296 g/mol. The molecule has 24 heavy (non-hydrogen) atoms. The Labute approximate surface area is 143 Å². The quantitative estimate of drug-likeness (QED) is 0.644. The first-order valence-electron chi connectivity index (χ1n) is 8.61. The van der Waals surface area contributed by atoms with Crippen LogP contribution in [0.3, 0.4) is 0 Å². The third-order valence-corrected chi connectivity index (χ3v) is 3.92. The minimum Gasteiger partial charge on any atom is -0.311 e. The fourth-order valence-electron chi connectivity index (χ4n) is 2.71. The molecule has 1 aromatic heterocycles. The summed E-state index contributed by atoms with van der Waals surface area (Å²) in [4.78, 5) is 1.82. The zero-order valence-electron chi connectivity index (χ0n) is 14.2. The second-order valence-corrected chi connectivity index (χ2v) is 5.87. The number of aromatic nitrogens is 3. The van der Waals surface area contributed by atoms with Crippen molar-refractivity contribution in [2.24, 2.45) is 0 Å². The second kappa shape index (κ2) is 8.41. The van der Waals surface area contributed by atoms with Crippen molar-refractivity contribution in [2.45, 2.75) is 32.9 Å². The molecule has 1 N–H and O–H groups in total. The van der Waals surface area contributed by atoms with Gasteiger partial charge >= 0.3 is 0 Å². The third-order valence-electron chi connectivity index (χ3n) is 3.92. The van der Waals surface area contributed by atoms with E-state index in [2.05, 4.69) is 64.9 Å². The Morgan fingerprint density at radius 2 is 1.62 bits per heavy atom. The van der Waals surface area contributed by atoms with Gasteiger partial charge in [-0.25, -0.2) is 0 Å². The Morgan fingerprint density at radius 1 is 0.917 bits per heavy atom. The van der Waals surface area contributed by atoms with Crippen molar-refractivity contribution in [3.8, 4) is 11.3 Å². The van der Waals surface area contributed by atoms with Crippen LogP contribution in [0.1, 0.15) is 24.6 Å². The minimum atomic E-state index is 0.737. The fourth-order valence-corrected chi connectivity index (χ4v) is 2.71. The first-order chi connectivity index (χ1) is 11.9. The zero-order valence-corrected chi connectivity index (χ0v) is 14.2. The summed E-state index contributed by atoms with van der Waals surface area (Å²) in [7, 11) is 0. The molecule has 4 heteroatoms. The maximum atomic E-state index is 4.67. The molecule has 4 nitrogen and oxygen atoms in total. The first kappa shape index (κ1) is 16.4.